The van der Waals surface area contributed by atoms with Crippen LogP contribution in [0.3, 0.4) is 0 Å². The van der Waals surface area contributed by atoms with Crippen molar-refractivity contribution in [3.8, 4) is 5.75 Å². The molecule has 1 aliphatic rings. The third kappa shape index (κ3) is 2.86. The van der Waals surface area contributed by atoms with Gasteiger partial charge in [-0.25, -0.2) is 0 Å². The molecule has 1 aromatic carbocycles. The third-order valence-electron chi connectivity index (χ3n) is 4.40. The van der Waals surface area contributed by atoms with Crippen molar-refractivity contribution in [3.05, 3.63) is 29.8 Å². The maximum absolute atomic E-state index is 5.19. The summed E-state index contributed by atoms with van der Waals surface area (Å²) >= 11 is 0. The van der Waals surface area contributed by atoms with Gasteiger partial charge in [0.05, 0.1) is 7.11 Å². The van der Waals surface area contributed by atoms with Gasteiger partial charge >= 0.3 is 0 Å². The molecule has 1 aliphatic heterocycles. The molecule has 0 radical (unpaired) electrons. The standard InChI is InChI=1S/C16H25NO/c1-13(2)16(10-4-12-17-16)11-9-14-5-7-15(18-3)8-6-14/h5-8,13,17H,4,9-12H2,1-3H3. The maximum Gasteiger partial charge on any atom is 0.118 e. The molecule has 1 aromatic rings. The SMILES string of the molecule is COc1ccc(CCC2(C(C)C)CCCN2)cc1. The van der Waals surface area contributed by atoms with Crippen molar-refractivity contribution >= 4 is 0 Å². The highest BCUT2D eigenvalue weighted by Crippen LogP contribution is 2.32. The molecule has 0 aromatic heterocycles. The largest absolute Gasteiger partial charge is 0.497 e. The van der Waals surface area contributed by atoms with E-state index in [-0.39, 0.29) is 0 Å². The highest BCUT2D eigenvalue weighted by atomic mass is 16.5. The van der Waals surface area contributed by atoms with Crippen molar-refractivity contribution in [2.24, 2.45) is 5.92 Å². The normalized spacial score (nSPS) is 23.6. The van der Waals surface area contributed by atoms with Crippen LogP contribution >= 0.6 is 0 Å². The van der Waals surface area contributed by atoms with E-state index in [1.54, 1.807) is 7.11 Å². The number of rotatable bonds is 5. The van der Waals surface area contributed by atoms with Crippen molar-refractivity contribution in [1.82, 2.24) is 5.32 Å². The van der Waals surface area contributed by atoms with Crippen LogP contribution in [0.1, 0.15) is 38.7 Å². The molecule has 0 amide bonds. The van der Waals surface area contributed by atoms with Crippen molar-refractivity contribution in [2.45, 2.75) is 45.1 Å². The Morgan fingerprint density at radius 2 is 2.00 bits per heavy atom. The van der Waals surface area contributed by atoms with Crippen LogP contribution in [0, 0.1) is 5.92 Å². The Morgan fingerprint density at radius 3 is 2.50 bits per heavy atom. The molecule has 1 unspecified atom stereocenters. The lowest BCUT2D eigenvalue weighted by Crippen LogP contribution is -2.45. The van der Waals surface area contributed by atoms with Crippen molar-refractivity contribution in [2.75, 3.05) is 13.7 Å². The van der Waals surface area contributed by atoms with Crippen LogP contribution in [0.2, 0.25) is 0 Å². The van der Waals surface area contributed by atoms with E-state index in [1.165, 1.54) is 31.4 Å². The Balaban J connectivity index is 1.96. The van der Waals surface area contributed by atoms with Gasteiger partial charge in [0.25, 0.3) is 0 Å². The monoisotopic (exact) mass is 247 g/mol. The van der Waals surface area contributed by atoms with Gasteiger partial charge in [-0.05, 0) is 55.8 Å². The lowest BCUT2D eigenvalue weighted by molar-refractivity contribution is 0.252. The molecule has 100 valence electrons. The number of methoxy groups -OCH3 is 1. The summed E-state index contributed by atoms with van der Waals surface area (Å²) in [6.45, 7) is 5.86. The quantitative estimate of drug-likeness (QED) is 0.861. The van der Waals surface area contributed by atoms with Gasteiger partial charge in [-0.3, -0.25) is 0 Å². The van der Waals surface area contributed by atoms with E-state index in [0.29, 0.717) is 11.5 Å². The summed E-state index contributed by atoms with van der Waals surface area (Å²) in [5, 5.41) is 3.74. The Bertz CT molecular complexity index is 363. The first-order chi connectivity index (χ1) is 8.66. The fourth-order valence-corrected chi connectivity index (χ4v) is 2.98. The van der Waals surface area contributed by atoms with Crippen molar-refractivity contribution < 1.29 is 4.74 Å². The van der Waals surface area contributed by atoms with Crippen LogP contribution in [0.25, 0.3) is 0 Å². The van der Waals surface area contributed by atoms with E-state index < -0.39 is 0 Å². The number of ether oxygens (including phenoxy) is 1. The second-order valence-electron chi connectivity index (χ2n) is 5.69. The molecule has 0 spiro atoms. The molecule has 2 nitrogen and oxygen atoms in total. The number of benzene rings is 1. The predicted molar refractivity (Wildman–Crippen MR) is 76.1 cm³/mol. The van der Waals surface area contributed by atoms with E-state index in [9.17, 15) is 0 Å². The Hall–Kier alpha value is -1.02. The number of hydrogen-bond acceptors (Lipinski definition) is 2. The molecule has 1 heterocycles. The molecule has 1 saturated heterocycles. The zero-order valence-electron chi connectivity index (χ0n) is 11.8. The van der Waals surface area contributed by atoms with Crippen LogP contribution < -0.4 is 10.1 Å². The molecule has 2 heteroatoms. The fraction of sp³-hybridized carbons (Fsp3) is 0.625. The second-order valence-corrected chi connectivity index (χ2v) is 5.69. The summed E-state index contributed by atoms with van der Waals surface area (Å²) in [6.07, 6.45) is 5.02. The van der Waals surface area contributed by atoms with E-state index in [4.69, 9.17) is 4.74 Å². The minimum absolute atomic E-state index is 0.361. The number of nitrogens with one attached hydrogen (secondary N) is 1. The topological polar surface area (TPSA) is 21.3 Å². The van der Waals surface area contributed by atoms with E-state index >= 15 is 0 Å². The summed E-state index contributed by atoms with van der Waals surface area (Å²) in [7, 11) is 1.71. The molecule has 1 N–H and O–H groups in total. The van der Waals surface area contributed by atoms with Gasteiger partial charge in [-0.2, -0.15) is 0 Å². The number of hydrogen-bond donors (Lipinski definition) is 1. The Kier molecular flexibility index (Phi) is 4.28. The average Bonchev–Trinajstić information content (AvgIpc) is 2.87. The Morgan fingerprint density at radius 1 is 1.28 bits per heavy atom. The van der Waals surface area contributed by atoms with E-state index in [0.717, 1.165) is 12.2 Å². The molecule has 0 saturated carbocycles. The first kappa shape index (κ1) is 13.4. The van der Waals surface area contributed by atoms with Crippen LogP contribution in [0.4, 0.5) is 0 Å². The second kappa shape index (κ2) is 5.75. The third-order valence-corrected chi connectivity index (χ3v) is 4.40. The lowest BCUT2D eigenvalue weighted by Gasteiger charge is -2.34. The summed E-state index contributed by atoms with van der Waals surface area (Å²) in [6, 6.07) is 8.47. The summed E-state index contributed by atoms with van der Waals surface area (Å²) in [4.78, 5) is 0. The van der Waals surface area contributed by atoms with Gasteiger partial charge in [0, 0.05) is 5.54 Å². The fourth-order valence-electron chi connectivity index (χ4n) is 2.98. The molecule has 1 fully saturated rings. The van der Waals surface area contributed by atoms with Crippen LogP contribution in [0.15, 0.2) is 24.3 Å². The van der Waals surface area contributed by atoms with Gasteiger partial charge in [0.15, 0.2) is 0 Å². The Labute approximate surface area is 111 Å². The zero-order chi connectivity index (χ0) is 13.0. The average molecular weight is 247 g/mol. The predicted octanol–water partition coefficient (Wildman–Crippen LogP) is 3.41. The highest BCUT2D eigenvalue weighted by Gasteiger charge is 2.35. The number of aryl methyl sites for hydroxylation is 1. The van der Waals surface area contributed by atoms with E-state index in [1.807, 2.05) is 0 Å². The summed E-state index contributed by atoms with van der Waals surface area (Å²) < 4.78 is 5.19. The van der Waals surface area contributed by atoms with Crippen LogP contribution in [-0.2, 0) is 6.42 Å². The lowest BCUT2D eigenvalue weighted by atomic mass is 9.80. The smallest absolute Gasteiger partial charge is 0.118 e. The highest BCUT2D eigenvalue weighted by molar-refractivity contribution is 5.27. The van der Waals surface area contributed by atoms with Crippen molar-refractivity contribution in [3.63, 3.8) is 0 Å². The first-order valence-corrected chi connectivity index (χ1v) is 7.04. The molecule has 0 aliphatic carbocycles. The zero-order valence-corrected chi connectivity index (χ0v) is 11.8. The molecule has 2 rings (SSSR count). The maximum atomic E-state index is 5.19. The summed E-state index contributed by atoms with van der Waals surface area (Å²) in [5.74, 6) is 1.65. The minimum Gasteiger partial charge on any atom is -0.497 e. The van der Waals surface area contributed by atoms with Crippen molar-refractivity contribution in [1.29, 1.82) is 0 Å². The van der Waals surface area contributed by atoms with Gasteiger partial charge in [-0.15, -0.1) is 0 Å². The molecule has 1 atom stereocenters. The molecule has 0 bridgehead atoms. The summed E-state index contributed by atoms with van der Waals surface area (Å²) in [5.41, 5.74) is 1.77. The molecular formula is C16H25NO. The van der Waals surface area contributed by atoms with Gasteiger partial charge in [-0.1, -0.05) is 26.0 Å². The van der Waals surface area contributed by atoms with E-state index in [2.05, 4.69) is 43.4 Å². The minimum atomic E-state index is 0.361. The molecular weight excluding hydrogens is 222 g/mol. The van der Waals surface area contributed by atoms with Gasteiger partial charge in [0.2, 0.25) is 0 Å². The van der Waals surface area contributed by atoms with Gasteiger partial charge in [0.1, 0.15) is 5.75 Å². The van der Waals surface area contributed by atoms with Gasteiger partial charge < -0.3 is 10.1 Å². The molecule has 18 heavy (non-hydrogen) atoms. The van der Waals surface area contributed by atoms with Crippen LogP contribution in [0.5, 0.6) is 5.75 Å². The van der Waals surface area contributed by atoms with Crippen LogP contribution in [-0.4, -0.2) is 19.2 Å². The first-order valence-electron chi connectivity index (χ1n) is 7.04.